The number of benzene rings is 2. The van der Waals surface area contributed by atoms with Crippen LogP contribution in [0.2, 0.25) is 0 Å². The highest BCUT2D eigenvalue weighted by atomic mass is 32.1. The lowest BCUT2D eigenvalue weighted by Crippen LogP contribution is -2.24. The van der Waals surface area contributed by atoms with Gasteiger partial charge >= 0.3 is 0 Å². The van der Waals surface area contributed by atoms with Crippen molar-refractivity contribution in [1.82, 2.24) is 10.3 Å². The highest BCUT2D eigenvalue weighted by Crippen LogP contribution is 2.29. The van der Waals surface area contributed by atoms with Crippen molar-refractivity contribution < 1.29 is 14.0 Å². The Balaban J connectivity index is 1.67. The third kappa shape index (κ3) is 5.36. The zero-order valence-electron chi connectivity index (χ0n) is 16.0. The molecule has 1 N–H and O–H groups in total. The fraction of sp³-hybridized carbons (Fsp3) is 0.136. The van der Waals surface area contributed by atoms with Crippen molar-refractivity contribution in [1.29, 1.82) is 0 Å². The van der Waals surface area contributed by atoms with Gasteiger partial charge in [-0.3, -0.25) is 14.5 Å². The van der Waals surface area contributed by atoms with Gasteiger partial charge in [0.2, 0.25) is 11.8 Å². The molecular formula is C22H20FN3O2S. The third-order valence-electron chi connectivity index (χ3n) is 4.16. The van der Waals surface area contributed by atoms with Crippen LogP contribution >= 0.6 is 11.3 Å². The molecule has 1 aromatic heterocycles. The number of para-hydroxylation sites is 1. The Morgan fingerprint density at radius 1 is 1.14 bits per heavy atom. The molecule has 7 heteroatoms. The van der Waals surface area contributed by atoms with E-state index in [0.717, 1.165) is 11.3 Å². The predicted octanol–water partition coefficient (Wildman–Crippen LogP) is 4.86. The monoisotopic (exact) mass is 409 g/mol. The minimum Gasteiger partial charge on any atom is -0.346 e. The number of thiazole rings is 1. The topological polar surface area (TPSA) is 62.3 Å². The van der Waals surface area contributed by atoms with Crippen LogP contribution in [-0.2, 0) is 9.59 Å². The van der Waals surface area contributed by atoms with Gasteiger partial charge in [0.15, 0.2) is 5.13 Å². The molecule has 3 rings (SSSR count). The smallest absolute Gasteiger partial charge is 0.244 e. The molecule has 2 amide bonds. The predicted molar refractivity (Wildman–Crippen MR) is 113 cm³/mol. The Labute approximate surface area is 172 Å². The van der Waals surface area contributed by atoms with E-state index in [2.05, 4.69) is 10.3 Å². The molecule has 0 radical (unpaired) electrons. The Bertz CT molecular complexity index is 1020. The summed E-state index contributed by atoms with van der Waals surface area (Å²) in [6.45, 7) is 3.30. The molecule has 0 spiro atoms. The molecule has 3 aromatic rings. The van der Waals surface area contributed by atoms with Crippen LogP contribution in [-0.4, -0.2) is 16.8 Å². The van der Waals surface area contributed by atoms with Gasteiger partial charge in [0.1, 0.15) is 5.82 Å². The first-order chi connectivity index (χ1) is 13.9. The molecule has 0 aliphatic heterocycles. The van der Waals surface area contributed by atoms with E-state index in [1.165, 1.54) is 41.4 Å². The summed E-state index contributed by atoms with van der Waals surface area (Å²) in [5.41, 5.74) is 2.12. The fourth-order valence-electron chi connectivity index (χ4n) is 2.72. The second-order valence-corrected chi connectivity index (χ2v) is 7.20. The number of hydrogen-bond acceptors (Lipinski definition) is 4. The number of aromatic nitrogens is 1. The van der Waals surface area contributed by atoms with Crippen molar-refractivity contribution >= 4 is 40.0 Å². The van der Waals surface area contributed by atoms with Gasteiger partial charge in [-0.25, -0.2) is 9.37 Å². The summed E-state index contributed by atoms with van der Waals surface area (Å²) in [5, 5.41) is 5.13. The number of carbonyl (C=O) groups is 2. The van der Waals surface area contributed by atoms with Crippen molar-refractivity contribution in [3.63, 3.8) is 0 Å². The van der Waals surface area contributed by atoms with Gasteiger partial charge in [0, 0.05) is 18.4 Å². The highest BCUT2D eigenvalue weighted by Gasteiger charge is 2.17. The minimum absolute atomic E-state index is 0.146. The quantitative estimate of drug-likeness (QED) is 0.592. The number of halogens is 1. The minimum atomic E-state index is -0.318. The number of carbonyl (C=O) groups excluding carboxylic acids is 2. The lowest BCUT2D eigenvalue weighted by atomic mass is 10.1. The third-order valence-corrected chi connectivity index (χ3v) is 5.01. The van der Waals surface area contributed by atoms with E-state index in [1.54, 1.807) is 23.6 Å². The molecule has 0 fully saturated rings. The summed E-state index contributed by atoms with van der Waals surface area (Å²) in [4.78, 5) is 30.2. The number of amides is 2. The van der Waals surface area contributed by atoms with Crippen molar-refractivity contribution in [2.45, 2.75) is 19.9 Å². The maximum absolute atomic E-state index is 13.0. The molecule has 0 unspecified atom stereocenters. The first-order valence-corrected chi connectivity index (χ1v) is 9.87. The molecular weight excluding hydrogens is 389 g/mol. The van der Waals surface area contributed by atoms with Crippen molar-refractivity contribution in [2.75, 3.05) is 4.90 Å². The summed E-state index contributed by atoms with van der Waals surface area (Å²) in [7, 11) is 0. The van der Waals surface area contributed by atoms with Gasteiger partial charge in [-0.1, -0.05) is 30.3 Å². The van der Waals surface area contributed by atoms with Gasteiger partial charge in [0.25, 0.3) is 0 Å². The zero-order chi connectivity index (χ0) is 20.8. The molecule has 2 aromatic carbocycles. The summed E-state index contributed by atoms with van der Waals surface area (Å²) in [5.74, 6) is -0.753. The largest absolute Gasteiger partial charge is 0.346 e. The Hall–Kier alpha value is -3.32. The van der Waals surface area contributed by atoms with Gasteiger partial charge in [-0.05, 0) is 42.8 Å². The normalized spacial score (nSPS) is 12.0. The van der Waals surface area contributed by atoms with Crippen LogP contribution in [0.4, 0.5) is 15.2 Å². The summed E-state index contributed by atoms with van der Waals surface area (Å²) in [6.07, 6.45) is 2.98. The van der Waals surface area contributed by atoms with Crippen LogP contribution in [0, 0.1) is 5.82 Å². The van der Waals surface area contributed by atoms with Gasteiger partial charge in [0.05, 0.1) is 17.4 Å². The van der Waals surface area contributed by atoms with Crippen LogP contribution in [0.15, 0.2) is 66.1 Å². The first-order valence-electron chi connectivity index (χ1n) is 8.99. The van der Waals surface area contributed by atoms with Crippen molar-refractivity contribution in [3.05, 3.63) is 83.1 Å². The average Bonchev–Trinajstić information content (AvgIpc) is 3.16. The molecule has 148 valence electrons. The lowest BCUT2D eigenvalue weighted by Gasteiger charge is -2.17. The molecule has 1 heterocycles. The van der Waals surface area contributed by atoms with Gasteiger partial charge in [-0.15, -0.1) is 11.3 Å². The summed E-state index contributed by atoms with van der Waals surface area (Å²) in [6, 6.07) is 15.0. The summed E-state index contributed by atoms with van der Waals surface area (Å²) >= 11 is 1.32. The molecule has 5 nitrogen and oxygen atoms in total. The highest BCUT2D eigenvalue weighted by molar-refractivity contribution is 7.14. The Kier molecular flexibility index (Phi) is 6.51. The van der Waals surface area contributed by atoms with Crippen LogP contribution in [0.1, 0.15) is 31.1 Å². The van der Waals surface area contributed by atoms with E-state index >= 15 is 0 Å². The molecule has 29 heavy (non-hydrogen) atoms. The fourth-order valence-corrected chi connectivity index (χ4v) is 3.57. The van der Waals surface area contributed by atoms with E-state index < -0.39 is 0 Å². The van der Waals surface area contributed by atoms with E-state index in [-0.39, 0.29) is 23.7 Å². The second kappa shape index (κ2) is 9.25. The zero-order valence-corrected chi connectivity index (χ0v) is 16.8. The molecule has 0 aliphatic carbocycles. The standard InChI is InChI=1S/C22H20FN3O2S/c1-15(17-8-10-18(23)11-9-17)24-21(28)13-12-19-14-29-22(25-19)26(16(2)27)20-6-4-3-5-7-20/h3-15H,1-2H3,(H,24,28)/b13-12+/t15-/m1/s1. The maximum atomic E-state index is 13.0. The number of rotatable bonds is 6. The van der Waals surface area contributed by atoms with Crippen LogP contribution in [0.5, 0.6) is 0 Å². The van der Waals surface area contributed by atoms with Crippen molar-refractivity contribution in [2.24, 2.45) is 0 Å². The molecule has 1 atom stereocenters. The number of nitrogens with zero attached hydrogens (tertiary/aromatic N) is 2. The SMILES string of the molecule is CC(=O)N(c1ccccc1)c1nc(/C=C/C(=O)N[C@H](C)c2ccc(F)cc2)cs1. The Morgan fingerprint density at radius 3 is 2.48 bits per heavy atom. The number of hydrogen-bond donors (Lipinski definition) is 1. The first kappa shape index (κ1) is 20.4. The second-order valence-electron chi connectivity index (χ2n) is 6.36. The van der Waals surface area contributed by atoms with E-state index in [9.17, 15) is 14.0 Å². The van der Waals surface area contributed by atoms with E-state index in [1.807, 2.05) is 37.3 Å². The average molecular weight is 409 g/mol. The van der Waals surface area contributed by atoms with Crippen LogP contribution in [0.3, 0.4) is 0 Å². The van der Waals surface area contributed by atoms with E-state index in [0.29, 0.717) is 10.8 Å². The van der Waals surface area contributed by atoms with Crippen molar-refractivity contribution in [3.8, 4) is 0 Å². The van der Waals surface area contributed by atoms with Gasteiger partial charge < -0.3 is 5.32 Å². The van der Waals surface area contributed by atoms with E-state index in [4.69, 9.17) is 0 Å². The summed E-state index contributed by atoms with van der Waals surface area (Å²) < 4.78 is 13.0. The van der Waals surface area contributed by atoms with Crippen LogP contribution < -0.4 is 10.2 Å². The Morgan fingerprint density at radius 2 is 1.83 bits per heavy atom. The molecule has 0 saturated carbocycles. The number of nitrogens with one attached hydrogen (secondary N) is 1. The molecule has 0 aliphatic rings. The number of anilines is 2. The molecule has 0 saturated heterocycles. The van der Waals surface area contributed by atoms with Gasteiger partial charge in [-0.2, -0.15) is 0 Å². The lowest BCUT2D eigenvalue weighted by molar-refractivity contribution is -0.117. The maximum Gasteiger partial charge on any atom is 0.244 e. The molecule has 0 bridgehead atoms. The van der Waals surface area contributed by atoms with Crippen LogP contribution in [0.25, 0.3) is 6.08 Å².